The topological polar surface area (TPSA) is 98.7 Å². The van der Waals surface area contributed by atoms with Crippen LogP contribution in [0.1, 0.15) is 13.3 Å². The summed E-state index contributed by atoms with van der Waals surface area (Å²) in [6, 6.07) is 2.39. The summed E-state index contributed by atoms with van der Waals surface area (Å²) in [6.45, 7) is 0.867. The van der Waals surface area contributed by atoms with Crippen molar-refractivity contribution in [3.63, 3.8) is 0 Å². The molecule has 110 valence electrons. The van der Waals surface area contributed by atoms with Crippen molar-refractivity contribution in [2.75, 3.05) is 11.9 Å². The van der Waals surface area contributed by atoms with E-state index in [1.54, 1.807) is 0 Å². The number of urea groups is 1. The number of benzene rings is 1. The van der Waals surface area contributed by atoms with E-state index in [-0.39, 0.29) is 12.2 Å². The Morgan fingerprint density at radius 2 is 2.00 bits per heavy atom. The van der Waals surface area contributed by atoms with Crippen LogP contribution in [0.25, 0.3) is 0 Å². The first-order valence-corrected chi connectivity index (χ1v) is 5.64. The number of nitrogens with one attached hydrogen (secondary N) is 2. The number of amides is 2. The van der Waals surface area contributed by atoms with Crippen molar-refractivity contribution in [1.82, 2.24) is 5.32 Å². The van der Waals surface area contributed by atoms with Gasteiger partial charge in [0.25, 0.3) is 0 Å². The molecule has 0 heterocycles. The number of anilines is 1. The summed E-state index contributed by atoms with van der Waals surface area (Å²) in [5.74, 6) is -3.55. The van der Waals surface area contributed by atoms with Crippen molar-refractivity contribution in [1.29, 1.82) is 0 Å². The lowest BCUT2D eigenvalue weighted by molar-refractivity contribution is -0.141. The second-order valence-electron chi connectivity index (χ2n) is 4.48. The van der Waals surface area contributed by atoms with Crippen LogP contribution < -0.4 is 10.6 Å². The standard InChI is InChI=1S/C12H14F2N2O4/c1-12(20,5-9(17)18)6-15-11(19)16-8-4-2-3-7(13)10(8)14/h2-4,20H,5-6H2,1H3,(H,17,18)(H2,15,16,19). The average Bonchev–Trinajstić information content (AvgIpc) is 2.31. The summed E-state index contributed by atoms with van der Waals surface area (Å²) in [5.41, 5.74) is -2.01. The van der Waals surface area contributed by atoms with Crippen molar-refractivity contribution in [3.8, 4) is 0 Å². The molecule has 20 heavy (non-hydrogen) atoms. The Balaban J connectivity index is 2.56. The number of hydrogen-bond acceptors (Lipinski definition) is 3. The Morgan fingerprint density at radius 1 is 1.35 bits per heavy atom. The van der Waals surface area contributed by atoms with E-state index in [2.05, 4.69) is 10.6 Å². The molecule has 1 atom stereocenters. The number of carbonyl (C=O) groups excluding carboxylic acids is 1. The van der Waals surface area contributed by atoms with E-state index in [0.717, 1.165) is 12.1 Å². The molecule has 2 amide bonds. The molecule has 0 aliphatic rings. The number of halogens is 2. The largest absolute Gasteiger partial charge is 0.481 e. The molecule has 0 aliphatic heterocycles. The molecule has 0 spiro atoms. The average molecular weight is 288 g/mol. The van der Waals surface area contributed by atoms with Crippen molar-refractivity contribution in [2.24, 2.45) is 0 Å². The third-order valence-corrected chi connectivity index (χ3v) is 2.36. The van der Waals surface area contributed by atoms with Gasteiger partial charge in [-0.2, -0.15) is 0 Å². The van der Waals surface area contributed by atoms with Gasteiger partial charge in [0.1, 0.15) is 0 Å². The second kappa shape index (κ2) is 6.29. The first-order valence-electron chi connectivity index (χ1n) is 5.64. The van der Waals surface area contributed by atoms with Gasteiger partial charge in [-0.25, -0.2) is 13.6 Å². The summed E-state index contributed by atoms with van der Waals surface area (Å²) in [5, 5.41) is 22.4. The number of aliphatic carboxylic acids is 1. The summed E-state index contributed by atoms with van der Waals surface area (Å²) in [7, 11) is 0. The molecule has 0 aliphatic carbocycles. The van der Waals surface area contributed by atoms with Crippen molar-refractivity contribution in [2.45, 2.75) is 18.9 Å². The normalized spacial score (nSPS) is 13.4. The summed E-state index contributed by atoms with van der Waals surface area (Å²) < 4.78 is 26.2. The zero-order valence-corrected chi connectivity index (χ0v) is 10.6. The predicted molar refractivity (Wildman–Crippen MR) is 66.3 cm³/mol. The van der Waals surface area contributed by atoms with Crippen LogP contribution in [0.4, 0.5) is 19.3 Å². The molecular weight excluding hydrogens is 274 g/mol. The van der Waals surface area contributed by atoms with Crippen LogP contribution in [0.5, 0.6) is 0 Å². The Hall–Kier alpha value is -2.22. The van der Waals surface area contributed by atoms with E-state index in [9.17, 15) is 23.5 Å². The van der Waals surface area contributed by atoms with E-state index in [1.165, 1.54) is 13.0 Å². The van der Waals surface area contributed by atoms with E-state index >= 15 is 0 Å². The maximum absolute atomic E-state index is 13.3. The maximum atomic E-state index is 13.3. The molecule has 0 aromatic heterocycles. The first kappa shape index (κ1) is 15.8. The molecule has 0 bridgehead atoms. The van der Waals surface area contributed by atoms with Crippen LogP contribution in [0.2, 0.25) is 0 Å². The lowest BCUT2D eigenvalue weighted by Gasteiger charge is -2.21. The van der Waals surface area contributed by atoms with E-state index in [0.29, 0.717) is 0 Å². The molecule has 8 heteroatoms. The minimum atomic E-state index is -1.65. The van der Waals surface area contributed by atoms with Gasteiger partial charge in [-0.3, -0.25) is 4.79 Å². The molecule has 4 N–H and O–H groups in total. The Bertz CT molecular complexity index is 520. The Labute approximate surface area is 113 Å². The van der Waals surface area contributed by atoms with Gasteiger partial charge in [0.2, 0.25) is 0 Å². The van der Waals surface area contributed by atoms with Crippen LogP contribution in [-0.4, -0.2) is 34.4 Å². The fourth-order valence-corrected chi connectivity index (χ4v) is 1.43. The maximum Gasteiger partial charge on any atom is 0.319 e. The van der Waals surface area contributed by atoms with Gasteiger partial charge in [-0.05, 0) is 19.1 Å². The highest BCUT2D eigenvalue weighted by molar-refractivity contribution is 5.89. The van der Waals surface area contributed by atoms with Gasteiger partial charge in [0.05, 0.1) is 17.7 Å². The molecular formula is C12H14F2N2O4. The third-order valence-electron chi connectivity index (χ3n) is 2.36. The molecule has 0 saturated carbocycles. The quantitative estimate of drug-likeness (QED) is 0.656. The zero-order chi connectivity index (χ0) is 15.3. The zero-order valence-electron chi connectivity index (χ0n) is 10.6. The van der Waals surface area contributed by atoms with Crippen molar-refractivity contribution >= 4 is 17.7 Å². The van der Waals surface area contributed by atoms with E-state index in [4.69, 9.17) is 5.11 Å². The van der Waals surface area contributed by atoms with Crippen molar-refractivity contribution in [3.05, 3.63) is 29.8 Å². The van der Waals surface area contributed by atoms with Crippen LogP contribution in [-0.2, 0) is 4.79 Å². The fourth-order valence-electron chi connectivity index (χ4n) is 1.43. The second-order valence-corrected chi connectivity index (χ2v) is 4.48. The highest BCUT2D eigenvalue weighted by atomic mass is 19.2. The van der Waals surface area contributed by atoms with Crippen LogP contribution in [0.3, 0.4) is 0 Å². The highest BCUT2D eigenvalue weighted by Gasteiger charge is 2.25. The molecule has 6 nitrogen and oxygen atoms in total. The summed E-state index contributed by atoms with van der Waals surface area (Å²) >= 11 is 0. The Kier molecular flexibility index (Phi) is 4.98. The van der Waals surface area contributed by atoms with Crippen molar-refractivity contribution < 1.29 is 28.6 Å². The molecule has 1 rings (SSSR count). The molecule has 0 saturated heterocycles. The lowest BCUT2D eigenvalue weighted by Crippen LogP contribution is -2.43. The first-order chi connectivity index (χ1) is 9.21. The molecule has 1 unspecified atom stereocenters. The molecule has 1 aromatic rings. The number of hydrogen-bond donors (Lipinski definition) is 4. The molecule has 0 radical (unpaired) electrons. The van der Waals surface area contributed by atoms with Gasteiger partial charge in [0.15, 0.2) is 11.6 Å². The number of carboxylic acid groups (broad SMARTS) is 1. The predicted octanol–water partition coefficient (Wildman–Crippen LogP) is 1.31. The van der Waals surface area contributed by atoms with Gasteiger partial charge in [-0.1, -0.05) is 6.07 Å². The summed E-state index contributed by atoms with van der Waals surface area (Å²) in [4.78, 5) is 21.9. The highest BCUT2D eigenvalue weighted by Crippen LogP contribution is 2.16. The summed E-state index contributed by atoms with van der Waals surface area (Å²) in [6.07, 6.45) is -0.568. The van der Waals surface area contributed by atoms with Gasteiger partial charge >= 0.3 is 12.0 Å². The number of carboxylic acids is 1. The SMILES string of the molecule is CC(O)(CNC(=O)Nc1cccc(F)c1F)CC(=O)O. The third kappa shape index (κ3) is 4.81. The smallest absolute Gasteiger partial charge is 0.319 e. The van der Waals surface area contributed by atoms with Gasteiger partial charge in [-0.15, -0.1) is 0 Å². The van der Waals surface area contributed by atoms with Crippen LogP contribution in [0.15, 0.2) is 18.2 Å². The molecule has 1 aromatic carbocycles. The monoisotopic (exact) mass is 288 g/mol. The van der Waals surface area contributed by atoms with Crippen LogP contribution >= 0.6 is 0 Å². The minimum Gasteiger partial charge on any atom is -0.481 e. The molecule has 0 fully saturated rings. The van der Waals surface area contributed by atoms with E-state index < -0.39 is 35.7 Å². The lowest BCUT2D eigenvalue weighted by atomic mass is 10.0. The van der Waals surface area contributed by atoms with E-state index in [1.807, 2.05) is 0 Å². The van der Waals surface area contributed by atoms with Gasteiger partial charge < -0.3 is 20.8 Å². The van der Waals surface area contributed by atoms with Gasteiger partial charge in [0, 0.05) is 6.54 Å². The number of aliphatic hydroxyl groups is 1. The number of carbonyl (C=O) groups is 2. The Morgan fingerprint density at radius 3 is 2.60 bits per heavy atom. The number of rotatable bonds is 5. The minimum absolute atomic E-state index is 0.359. The fraction of sp³-hybridized carbons (Fsp3) is 0.333. The van der Waals surface area contributed by atoms with Crippen LogP contribution in [0, 0.1) is 11.6 Å².